The van der Waals surface area contributed by atoms with Crippen molar-refractivity contribution < 1.29 is 14.3 Å². The van der Waals surface area contributed by atoms with Crippen LogP contribution in [-0.2, 0) is 9.59 Å². The fourth-order valence-electron chi connectivity index (χ4n) is 4.78. The van der Waals surface area contributed by atoms with Crippen LogP contribution in [0.5, 0.6) is 5.75 Å². The fraction of sp³-hybridized carbons (Fsp3) is 0.333. The van der Waals surface area contributed by atoms with Crippen LogP contribution in [0, 0.1) is 5.92 Å². The van der Waals surface area contributed by atoms with Gasteiger partial charge >= 0.3 is 0 Å². The number of ether oxygens (including phenoxy) is 1. The minimum absolute atomic E-state index is 0.122. The van der Waals surface area contributed by atoms with E-state index in [1.54, 1.807) is 7.11 Å². The Kier molecular flexibility index (Phi) is 4.26. The average Bonchev–Trinajstić information content (AvgIpc) is 3.34. The SMILES string of the molecule is COc1ccc([C@H]2[C@H]3C(=O)N(c4cccc(Br)c4)C(=O)[C@@H]3N3CCCN23)cc1. The molecular weight excluding hydrogens is 422 g/mol. The lowest BCUT2D eigenvalue weighted by Gasteiger charge is -2.29. The minimum atomic E-state index is -0.430. The molecule has 2 amide bonds. The fourth-order valence-corrected chi connectivity index (χ4v) is 5.17. The van der Waals surface area contributed by atoms with Gasteiger partial charge in [0.25, 0.3) is 5.91 Å². The molecule has 144 valence electrons. The molecule has 3 atom stereocenters. The zero-order valence-corrected chi connectivity index (χ0v) is 17.0. The molecule has 3 aliphatic heterocycles. The molecule has 2 aromatic carbocycles. The number of rotatable bonds is 3. The number of anilines is 1. The Morgan fingerprint density at radius 3 is 2.36 bits per heavy atom. The van der Waals surface area contributed by atoms with Crippen LogP contribution in [0.25, 0.3) is 0 Å². The second-order valence-corrected chi connectivity index (χ2v) is 8.28. The van der Waals surface area contributed by atoms with Crippen LogP contribution in [-0.4, -0.2) is 48.1 Å². The molecule has 28 heavy (non-hydrogen) atoms. The second-order valence-electron chi connectivity index (χ2n) is 7.36. The Morgan fingerprint density at radius 1 is 0.964 bits per heavy atom. The summed E-state index contributed by atoms with van der Waals surface area (Å²) in [4.78, 5) is 28.2. The van der Waals surface area contributed by atoms with E-state index in [-0.39, 0.29) is 17.9 Å². The summed E-state index contributed by atoms with van der Waals surface area (Å²) in [5, 5.41) is 4.32. The van der Waals surface area contributed by atoms with Crippen molar-refractivity contribution in [2.75, 3.05) is 25.1 Å². The Morgan fingerprint density at radius 2 is 1.68 bits per heavy atom. The third-order valence-electron chi connectivity index (χ3n) is 5.93. The zero-order valence-electron chi connectivity index (χ0n) is 15.4. The van der Waals surface area contributed by atoms with Crippen molar-refractivity contribution in [3.63, 3.8) is 0 Å². The van der Waals surface area contributed by atoms with Gasteiger partial charge in [0.2, 0.25) is 5.91 Å². The summed E-state index contributed by atoms with van der Waals surface area (Å²) in [5.41, 5.74) is 1.66. The number of fused-ring (bicyclic) bond motifs is 3. The van der Waals surface area contributed by atoms with Crippen LogP contribution in [0.3, 0.4) is 0 Å². The molecule has 5 rings (SSSR count). The predicted octanol–water partition coefficient (Wildman–Crippen LogP) is 2.99. The van der Waals surface area contributed by atoms with Crippen molar-refractivity contribution in [3.05, 3.63) is 58.6 Å². The van der Waals surface area contributed by atoms with Crippen LogP contribution in [0.4, 0.5) is 5.69 Å². The predicted molar refractivity (Wildman–Crippen MR) is 108 cm³/mol. The maximum atomic E-state index is 13.5. The van der Waals surface area contributed by atoms with Gasteiger partial charge < -0.3 is 4.74 Å². The van der Waals surface area contributed by atoms with Crippen LogP contribution < -0.4 is 9.64 Å². The highest BCUT2D eigenvalue weighted by atomic mass is 79.9. The van der Waals surface area contributed by atoms with E-state index in [1.165, 1.54) is 4.90 Å². The van der Waals surface area contributed by atoms with E-state index in [4.69, 9.17) is 4.74 Å². The number of benzene rings is 2. The molecule has 7 heteroatoms. The molecule has 0 aliphatic carbocycles. The van der Waals surface area contributed by atoms with Gasteiger partial charge in [-0.05, 0) is 42.3 Å². The number of carbonyl (C=O) groups is 2. The molecule has 3 aliphatic rings. The quantitative estimate of drug-likeness (QED) is 0.685. The average molecular weight is 442 g/mol. The van der Waals surface area contributed by atoms with Crippen LogP contribution in [0.2, 0.25) is 0 Å². The van der Waals surface area contributed by atoms with Crippen LogP contribution in [0.1, 0.15) is 18.0 Å². The summed E-state index contributed by atoms with van der Waals surface area (Å²) in [5.74, 6) is 0.126. The van der Waals surface area contributed by atoms with E-state index >= 15 is 0 Å². The van der Waals surface area contributed by atoms with E-state index in [9.17, 15) is 9.59 Å². The zero-order chi connectivity index (χ0) is 19.4. The molecule has 0 aromatic heterocycles. The van der Waals surface area contributed by atoms with Gasteiger partial charge in [-0.1, -0.05) is 34.1 Å². The summed E-state index contributed by atoms with van der Waals surface area (Å²) in [6.45, 7) is 1.67. The molecule has 0 N–H and O–H groups in total. The summed E-state index contributed by atoms with van der Waals surface area (Å²) in [6, 6.07) is 14.6. The second kappa shape index (κ2) is 6.69. The van der Waals surface area contributed by atoms with E-state index < -0.39 is 12.0 Å². The van der Waals surface area contributed by atoms with Crippen molar-refractivity contribution >= 4 is 33.4 Å². The van der Waals surface area contributed by atoms with Crippen molar-refractivity contribution in [3.8, 4) is 5.75 Å². The summed E-state index contributed by atoms with van der Waals surface area (Å²) < 4.78 is 6.12. The molecular formula is C21H20BrN3O3. The van der Waals surface area contributed by atoms with E-state index in [0.717, 1.165) is 35.3 Å². The number of carbonyl (C=O) groups excluding carboxylic acids is 2. The van der Waals surface area contributed by atoms with Gasteiger partial charge in [0, 0.05) is 17.6 Å². The van der Waals surface area contributed by atoms with Gasteiger partial charge in [-0.25, -0.2) is 14.9 Å². The maximum absolute atomic E-state index is 13.5. The maximum Gasteiger partial charge on any atom is 0.253 e. The van der Waals surface area contributed by atoms with E-state index in [0.29, 0.717) is 5.69 Å². The van der Waals surface area contributed by atoms with Gasteiger partial charge in [-0.15, -0.1) is 0 Å². The molecule has 0 unspecified atom stereocenters. The Hall–Kier alpha value is -2.22. The number of hydrazine groups is 1. The van der Waals surface area contributed by atoms with Crippen molar-refractivity contribution in [2.45, 2.75) is 18.5 Å². The molecule has 0 spiro atoms. The lowest BCUT2D eigenvalue weighted by molar-refractivity contribution is -0.126. The molecule has 0 saturated carbocycles. The normalized spacial score (nSPS) is 27.4. The number of hydrogen-bond donors (Lipinski definition) is 0. The van der Waals surface area contributed by atoms with Crippen molar-refractivity contribution in [1.82, 2.24) is 10.0 Å². The van der Waals surface area contributed by atoms with E-state index in [1.807, 2.05) is 48.5 Å². The topological polar surface area (TPSA) is 53.1 Å². The molecule has 0 radical (unpaired) electrons. The van der Waals surface area contributed by atoms with Crippen molar-refractivity contribution in [2.24, 2.45) is 5.92 Å². The first kappa shape index (κ1) is 17.8. The Balaban J connectivity index is 1.56. The van der Waals surface area contributed by atoms with Gasteiger partial charge in [0.1, 0.15) is 11.8 Å². The summed E-state index contributed by atoms with van der Waals surface area (Å²) in [7, 11) is 1.64. The first-order valence-corrected chi connectivity index (χ1v) is 10.2. The molecule has 3 fully saturated rings. The number of nitrogens with zero attached hydrogens (tertiary/aromatic N) is 3. The first-order chi connectivity index (χ1) is 13.6. The molecule has 2 aromatic rings. The Bertz CT molecular complexity index is 948. The minimum Gasteiger partial charge on any atom is -0.497 e. The highest BCUT2D eigenvalue weighted by Crippen LogP contribution is 2.49. The number of imide groups is 1. The van der Waals surface area contributed by atoms with Gasteiger partial charge in [0.15, 0.2) is 0 Å². The summed E-state index contributed by atoms with van der Waals surface area (Å²) >= 11 is 3.44. The standard InChI is InChI=1S/C21H20BrN3O3/c1-28-16-8-6-13(7-9-16)18-17-19(24-11-3-10-23(18)24)21(27)25(20(17)26)15-5-2-4-14(22)12-15/h2,4-9,12,17-19H,3,10-11H2,1H3/t17-,18+,19-/m1/s1. The van der Waals surface area contributed by atoms with Gasteiger partial charge in [-0.2, -0.15) is 0 Å². The number of hydrogen-bond acceptors (Lipinski definition) is 5. The third kappa shape index (κ3) is 2.53. The lowest BCUT2D eigenvalue weighted by Crippen LogP contribution is -2.44. The van der Waals surface area contributed by atoms with Crippen LogP contribution >= 0.6 is 15.9 Å². The third-order valence-corrected chi connectivity index (χ3v) is 6.42. The highest BCUT2D eigenvalue weighted by Gasteiger charge is 2.62. The Labute approximate surface area is 171 Å². The first-order valence-electron chi connectivity index (χ1n) is 9.40. The molecule has 3 heterocycles. The van der Waals surface area contributed by atoms with Crippen LogP contribution in [0.15, 0.2) is 53.0 Å². The van der Waals surface area contributed by atoms with Gasteiger partial charge in [-0.3, -0.25) is 9.59 Å². The van der Waals surface area contributed by atoms with Crippen molar-refractivity contribution in [1.29, 1.82) is 0 Å². The monoisotopic (exact) mass is 441 g/mol. The largest absolute Gasteiger partial charge is 0.497 e. The number of methoxy groups -OCH3 is 1. The molecule has 3 saturated heterocycles. The van der Waals surface area contributed by atoms with Gasteiger partial charge in [0.05, 0.1) is 24.8 Å². The van der Waals surface area contributed by atoms with E-state index in [2.05, 4.69) is 25.9 Å². The highest BCUT2D eigenvalue weighted by molar-refractivity contribution is 9.10. The number of halogens is 1. The lowest BCUT2D eigenvalue weighted by atomic mass is 9.90. The number of amides is 2. The molecule has 0 bridgehead atoms. The molecule has 6 nitrogen and oxygen atoms in total. The summed E-state index contributed by atoms with van der Waals surface area (Å²) in [6.07, 6.45) is 0.994. The smallest absolute Gasteiger partial charge is 0.253 e.